The number of rotatable bonds is 4. The minimum absolute atomic E-state index is 0.0913. The molecule has 120 valence electrons. The Morgan fingerprint density at radius 3 is 2.50 bits per heavy atom. The van der Waals surface area contributed by atoms with Gasteiger partial charge < -0.3 is 0 Å². The third-order valence-electron chi connectivity index (χ3n) is 3.90. The molecule has 0 fully saturated rings. The van der Waals surface area contributed by atoms with Crippen LogP contribution in [0.4, 0.5) is 0 Å². The topological polar surface area (TPSA) is 70.0 Å². The van der Waals surface area contributed by atoms with Crippen LogP contribution >= 0.6 is 0 Å². The van der Waals surface area contributed by atoms with E-state index in [-0.39, 0.29) is 4.90 Å². The molecular formula is C19H16N2O2S. The molecule has 4 nitrogen and oxygen atoms in total. The number of nitrogens with one attached hydrogen (secondary N) is 1. The molecule has 3 aromatic rings. The van der Waals surface area contributed by atoms with Crippen LogP contribution in [0.3, 0.4) is 0 Å². The summed E-state index contributed by atoms with van der Waals surface area (Å²) in [6, 6.07) is 21.3. The van der Waals surface area contributed by atoms with Crippen LogP contribution in [0.1, 0.15) is 24.1 Å². The van der Waals surface area contributed by atoms with Gasteiger partial charge in [0.25, 0.3) is 0 Å². The fourth-order valence-electron chi connectivity index (χ4n) is 2.73. The second kappa shape index (κ2) is 6.44. The lowest BCUT2D eigenvalue weighted by atomic mass is 10.0. The molecule has 5 heteroatoms. The van der Waals surface area contributed by atoms with Gasteiger partial charge >= 0.3 is 0 Å². The van der Waals surface area contributed by atoms with Crippen LogP contribution in [0.15, 0.2) is 71.6 Å². The zero-order valence-electron chi connectivity index (χ0n) is 13.1. The van der Waals surface area contributed by atoms with Gasteiger partial charge in [0.1, 0.15) is 0 Å². The van der Waals surface area contributed by atoms with Crippen molar-refractivity contribution in [3.63, 3.8) is 0 Å². The molecule has 3 aromatic carbocycles. The molecule has 24 heavy (non-hydrogen) atoms. The molecule has 0 amide bonds. The highest BCUT2D eigenvalue weighted by molar-refractivity contribution is 7.89. The molecular weight excluding hydrogens is 320 g/mol. The second-order valence-electron chi connectivity index (χ2n) is 5.55. The minimum Gasteiger partial charge on any atom is -0.207 e. The summed E-state index contributed by atoms with van der Waals surface area (Å²) in [5, 5.41) is 11.0. The summed E-state index contributed by atoms with van der Waals surface area (Å²) in [6.07, 6.45) is 0. The van der Waals surface area contributed by atoms with Gasteiger partial charge in [0, 0.05) is 6.04 Å². The molecule has 0 aliphatic rings. The van der Waals surface area contributed by atoms with Gasteiger partial charge in [0.15, 0.2) is 0 Å². The zero-order valence-corrected chi connectivity index (χ0v) is 13.9. The third-order valence-corrected chi connectivity index (χ3v) is 5.43. The number of nitrogens with zero attached hydrogens (tertiary/aromatic N) is 1. The van der Waals surface area contributed by atoms with Crippen molar-refractivity contribution in [3.05, 3.63) is 77.9 Å². The summed E-state index contributed by atoms with van der Waals surface area (Å²) < 4.78 is 27.9. The molecule has 0 radical (unpaired) electrons. The van der Waals surface area contributed by atoms with Gasteiger partial charge in [-0.15, -0.1) is 0 Å². The number of hydrogen-bond acceptors (Lipinski definition) is 3. The van der Waals surface area contributed by atoms with E-state index in [1.54, 1.807) is 12.1 Å². The van der Waals surface area contributed by atoms with Crippen LogP contribution in [0.5, 0.6) is 0 Å². The van der Waals surface area contributed by atoms with Gasteiger partial charge in [-0.2, -0.15) is 5.26 Å². The molecule has 0 saturated carbocycles. The Morgan fingerprint density at radius 2 is 1.71 bits per heavy atom. The summed E-state index contributed by atoms with van der Waals surface area (Å²) in [6.45, 7) is 1.81. The average Bonchev–Trinajstić information content (AvgIpc) is 2.61. The number of benzene rings is 3. The van der Waals surface area contributed by atoms with E-state index in [4.69, 9.17) is 5.26 Å². The predicted octanol–water partition coefficient (Wildman–Crippen LogP) is 3.75. The van der Waals surface area contributed by atoms with E-state index in [2.05, 4.69) is 4.72 Å². The Morgan fingerprint density at radius 1 is 1.00 bits per heavy atom. The van der Waals surface area contributed by atoms with Crippen molar-refractivity contribution >= 4 is 20.8 Å². The van der Waals surface area contributed by atoms with E-state index in [0.717, 1.165) is 16.3 Å². The molecule has 1 N–H and O–H groups in total. The fraction of sp³-hybridized carbons (Fsp3) is 0.105. The van der Waals surface area contributed by atoms with Crippen LogP contribution in [0.2, 0.25) is 0 Å². The van der Waals surface area contributed by atoms with Crippen LogP contribution in [-0.2, 0) is 10.0 Å². The normalized spacial score (nSPS) is 12.7. The molecule has 0 aliphatic heterocycles. The predicted molar refractivity (Wildman–Crippen MR) is 93.8 cm³/mol. The van der Waals surface area contributed by atoms with Crippen LogP contribution in [0.25, 0.3) is 10.8 Å². The molecule has 0 aliphatic carbocycles. The van der Waals surface area contributed by atoms with Crippen molar-refractivity contribution in [2.75, 3.05) is 0 Å². The summed E-state index contributed by atoms with van der Waals surface area (Å²) >= 11 is 0. The lowest BCUT2D eigenvalue weighted by molar-refractivity contribution is 0.567. The van der Waals surface area contributed by atoms with Crippen molar-refractivity contribution in [3.8, 4) is 6.07 Å². The Kier molecular flexibility index (Phi) is 4.34. The Bertz CT molecular complexity index is 1030. The standard InChI is InChI=1S/C19H16N2O2S/c1-14(18-11-5-8-16-7-2-3-10-19(16)18)21-24(22,23)17-9-4-6-15(12-17)13-20/h2-12,14,21H,1H3/t14-/m0/s1. The first-order valence-electron chi connectivity index (χ1n) is 7.51. The number of sulfonamides is 1. The van der Waals surface area contributed by atoms with Gasteiger partial charge in [0.05, 0.1) is 16.5 Å². The van der Waals surface area contributed by atoms with Gasteiger partial charge in [-0.05, 0) is 41.5 Å². The van der Waals surface area contributed by atoms with E-state index in [1.165, 1.54) is 12.1 Å². The number of hydrogen-bond donors (Lipinski definition) is 1. The summed E-state index contributed by atoms with van der Waals surface area (Å²) in [5.74, 6) is 0. The van der Waals surface area contributed by atoms with E-state index < -0.39 is 16.1 Å². The third kappa shape index (κ3) is 3.16. The van der Waals surface area contributed by atoms with Gasteiger partial charge in [-0.1, -0.05) is 48.5 Å². The quantitative estimate of drug-likeness (QED) is 0.789. The molecule has 0 unspecified atom stereocenters. The van der Waals surface area contributed by atoms with E-state index in [0.29, 0.717) is 5.56 Å². The van der Waals surface area contributed by atoms with Crippen LogP contribution < -0.4 is 4.72 Å². The van der Waals surface area contributed by atoms with Crippen molar-refractivity contribution in [1.82, 2.24) is 4.72 Å². The van der Waals surface area contributed by atoms with Gasteiger partial charge in [-0.3, -0.25) is 0 Å². The first-order valence-corrected chi connectivity index (χ1v) is 9.00. The van der Waals surface area contributed by atoms with Crippen molar-refractivity contribution in [2.45, 2.75) is 17.9 Å². The highest BCUT2D eigenvalue weighted by atomic mass is 32.2. The van der Waals surface area contributed by atoms with Crippen LogP contribution in [-0.4, -0.2) is 8.42 Å². The lowest BCUT2D eigenvalue weighted by Crippen LogP contribution is -2.27. The highest BCUT2D eigenvalue weighted by Crippen LogP contribution is 2.25. The fourth-order valence-corrected chi connectivity index (χ4v) is 3.99. The first-order chi connectivity index (χ1) is 11.5. The lowest BCUT2D eigenvalue weighted by Gasteiger charge is -2.17. The maximum atomic E-state index is 12.6. The van der Waals surface area contributed by atoms with Crippen molar-refractivity contribution in [1.29, 1.82) is 5.26 Å². The highest BCUT2D eigenvalue weighted by Gasteiger charge is 2.19. The number of fused-ring (bicyclic) bond motifs is 1. The molecule has 0 saturated heterocycles. The smallest absolute Gasteiger partial charge is 0.207 e. The maximum Gasteiger partial charge on any atom is 0.241 e. The molecule has 0 aromatic heterocycles. The van der Waals surface area contributed by atoms with Gasteiger partial charge in [-0.25, -0.2) is 13.1 Å². The Hall–Kier alpha value is -2.68. The summed E-state index contributed by atoms with van der Waals surface area (Å²) in [4.78, 5) is 0.0913. The number of nitriles is 1. The van der Waals surface area contributed by atoms with E-state index in [1.807, 2.05) is 55.5 Å². The average molecular weight is 336 g/mol. The van der Waals surface area contributed by atoms with Crippen molar-refractivity contribution < 1.29 is 8.42 Å². The second-order valence-corrected chi connectivity index (χ2v) is 7.26. The molecule has 1 atom stereocenters. The Balaban J connectivity index is 1.96. The monoisotopic (exact) mass is 336 g/mol. The maximum absolute atomic E-state index is 12.6. The molecule has 0 heterocycles. The minimum atomic E-state index is -3.71. The largest absolute Gasteiger partial charge is 0.241 e. The van der Waals surface area contributed by atoms with E-state index in [9.17, 15) is 8.42 Å². The SMILES string of the molecule is C[C@H](NS(=O)(=O)c1cccc(C#N)c1)c1cccc2ccccc12. The zero-order chi connectivity index (χ0) is 17.2. The molecule has 0 bridgehead atoms. The molecule has 0 spiro atoms. The van der Waals surface area contributed by atoms with Gasteiger partial charge in [0.2, 0.25) is 10.0 Å². The van der Waals surface area contributed by atoms with Crippen molar-refractivity contribution in [2.24, 2.45) is 0 Å². The first kappa shape index (κ1) is 16.2. The summed E-state index contributed by atoms with van der Waals surface area (Å²) in [5.41, 5.74) is 1.23. The van der Waals surface area contributed by atoms with E-state index >= 15 is 0 Å². The molecule has 3 rings (SSSR count). The summed E-state index contributed by atoms with van der Waals surface area (Å²) in [7, 11) is -3.71. The Labute approximate surface area is 141 Å². The van der Waals surface area contributed by atoms with Crippen LogP contribution in [0, 0.1) is 11.3 Å².